The molecule has 5 heteroatoms. The Kier molecular flexibility index (Phi) is 3.97. The highest BCUT2D eigenvalue weighted by Crippen LogP contribution is 2.28. The molecule has 15 heavy (non-hydrogen) atoms. The number of alkyl halides is 1. The summed E-state index contributed by atoms with van der Waals surface area (Å²) in [6, 6.07) is 0.640. The molecule has 0 aromatic carbocycles. The van der Waals surface area contributed by atoms with Crippen LogP contribution in [0.5, 0.6) is 0 Å². The Balaban J connectivity index is 2.06. The summed E-state index contributed by atoms with van der Waals surface area (Å²) < 4.78 is 4.09. The highest BCUT2D eigenvalue weighted by Gasteiger charge is 2.25. The molecular weight excluding hydrogens is 274 g/mol. The molecular formula is C10H16BrN3S. The molecule has 3 nitrogen and oxygen atoms in total. The van der Waals surface area contributed by atoms with Gasteiger partial charge in [0.05, 0.1) is 0 Å². The summed E-state index contributed by atoms with van der Waals surface area (Å²) in [5.41, 5.74) is 0. The van der Waals surface area contributed by atoms with E-state index in [-0.39, 0.29) is 0 Å². The lowest BCUT2D eigenvalue weighted by Crippen LogP contribution is -2.40. The molecule has 1 aromatic rings. The third-order valence-electron chi connectivity index (χ3n) is 2.82. The SMILES string of the molecule is CC(Br)CC1CCCCN1c1ncns1. The maximum absolute atomic E-state index is 4.32. The first-order chi connectivity index (χ1) is 7.27. The van der Waals surface area contributed by atoms with Gasteiger partial charge in [-0.05, 0) is 25.7 Å². The van der Waals surface area contributed by atoms with Crippen molar-refractivity contribution < 1.29 is 0 Å². The largest absolute Gasteiger partial charge is 0.344 e. The minimum Gasteiger partial charge on any atom is -0.344 e. The second-order valence-electron chi connectivity index (χ2n) is 4.08. The standard InChI is InChI=1S/C10H16BrN3S/c1-8(11)6-9-4-2-3-5-14(9)10-12-7-13-15-10/h7-9H,2-6H2,1H3. The Hall–Kier alpha value is -0.160. The van der Waals surface area contributed by atoms with Gasteiger partial charge in [-0.25, -0.2) is 4.98 Å². The topological polar surface area (TPSA) is 29.0 Å². The van der Waals surface area contributed by atoms with Crippen molar-refractivity contribution in [2.24, 2.45) is 0 Å². The van der Waals surface area contributed by atoms with Crippen molar-refractivity contribution in [3.8, 4) is 0 Å². The molecule has 1 saturated heterocycles. The summed E-state index contributed by atoms with van der Waals surface area (Å²) in [4.78, 5) is 7.32. The molecule has 84 valence electrons. The van der Waals surface area contributed by atoms with Crippen LogP contribution in [0.3, 0.4) is 0 Å². The summed E-state index contributed by atoms with van der Waals surface area (Å²) in [5.74, 6) is 0. The van der Waals surface area contributed by atoms with E-state index in [2.05, 4.69) is 37.1 Å². The first kappa shape index (κ1) is 11.3. The Morgan fingerprint density at radius 3 is 3.20 bits per heavy atom. The van der Waals surface area contributed by atoms with Gasteiger partial charge in [-0.3, -0.25) is 0 Å². The van der Waals surface area contributed by atoms with E-state index in [9.17, 15) is 0 Å². The average molecular weight is 290 g/mol. The number of rotatable bonds is 3. The van der Waals surface area contributed by atoms with E-state index in [4.69, 9.17) is 0 Å². The van der Waals surface area contributed by atoms with Crippen molar-refractivity contribution >= 4 is 32.6 Å². The van der Waals surface area contributed by atoms with Crippen molar-refractivity contribution in [2.75, 3.05) is 11.4 Å². The summed E-state index contributed by atoms with van der Waals surface area (Å²) in [7, 11) is 0. The first-order valence-electron chi connectivity index (χ1n) is 5.45. The van der Waals surface area contributed by atoms with Crippen LogP contribution < -0.4 is 4.90 Å². The van der Waals surface area contributed by atoms with Crippen molar-refractivity contribution in [1.82, 2.24) is 9.36 Å². The van der Waals surface area contributed by atoms with Gasteiger partial charge in [0.25, 0.3) is 0 Å². The zero-order chi connectivity index (χ0) is 10.7. The van der Waals surface area contributed by atoms with E-state index in [0.29, 0.717) is 10.9 Å². The molecule has 0 spiro atoms. The van der Waals surface area contributed by atoms with E-state index in [1.165, 1.54) is 37.2 Å². The third-order valence-corrected chi connectivity index (χ3v) is 3.90. The molecule has 0 radical (unpaired) electrons. The number of hydrogen-bond acceptors (Lipinski definition) is 4. The van der Waals surface area contributed by atoms with Crippen molar-refractivity contribution in [3.63, 3.8) is 0 Å². The van der Waals surface area contributed by atoms with Crippen LogP contribution in [0.15, 0.2) is 6.33 Å². The molecule has 0 bridgehead atoms. The smallest absolute Gasteiger partial charge is 0.205 e. The molecule has 1 aromatic heterocycles. The van der Waals surface area contributed by atoms with E-state index in [0.717, 1.165) is 11.7 Å². The molecule has 2 atom stereocenters. The Morgan fingerprint density at radius 1 is 1.67 bits per heavy atom. The molecule has 2 rings (SSSR count). The zero-order valence-corrected chi connectivity index (χ0v) is 11.3. The number of anilines is 1. The van der Waals surface area contributed by atoms with Crippen LogP contribution in [0, 0.1) is 0 Å². The summed E-state index contributed by atoms with van der Waals surface area (Å²) in [5, 5.41) is 1.09. The van der Waals surface area contributed by atoms with Gasteiger partial charge in [0.15, 0.2) is 0 Å². The quantitative estimate of drug-likeness (QED) is 0.801. The van der Waals surface area contributed by atoms with E-state index in [1.807, 2.05) is 0 Å². The molecule has 2 heterocycles. The second kappa shape index (κ2) is 5.25. The molecule has 0 saturated carbocycles. The van der Waals surface area contributed by atoms with Crippen LogP contribution >= 0.6 is 27.5 Å². The highest BCUT2D eigenvalue weighted by molar-refractivity contribution is 9.09. The van der Waals surface area contributed by atoms with Gasteiger partial charge in [-0.1, -0.05) is 22.9 Å². The van der Waals surface area contributed by atoms with Crippen LogP contribution in [0.2, 0.25) is 0 Å². The predicted molar refractivity (Wildman–Crippen MR) is 67.9 cm³/mol. The van der Waals surface area contributed by atoms with Crippen molar-refractivity contribution in [3.05, 3.63) is 6.33 Å². The van der Waals surface area contributed by atoms with Crippen LogP contribution in [-0.2, 0) is 0 Å². The summed E-state index contributed by atoms with van der Waals surface area (Å²) in [6.45, 7) is 3.35. The highest BCUT2D eigenvalue weighted by atomic mass is 79.9. The Bertz CT molecular complexity index is 289. The van der Waals surface area contributed by atoms with Crippen LogP contribution in [0.4, 0.5) is 5.13 Å². The fourth-order valence-corrected chi connectivity index (χ4v) is 3.23. The van der Waals surface area contributed by atoms with Gasteiger partial charge >= 0.3 is 0 Å². The second-order valence-corrected chi connectivity index (χ2v) is 6.41. The maximum Gasteiger partial charge on any atom is 0.205 e. The van der Waals surface area contributed by atoms with Crippen LogP contribution in [-0.4, -0.2) is 26.8 Å². The minimum atomic E-state index is 0.580. The van der Waals surface area contributed by atoms with Gasteiger partial charge in [-0.2, -0.15) is 4.37 Å². The molecule has 2 unspecified atom stereocenters. The number of hydrogen-bond donors (Lipinski definition) is 0. The van der Waals surface area contributed by atoms with Crippen molar-refractivity contribution in [2.45, 2.75) is 43.5 Å². The monoisotopic (exact) mass is 289 g/mol. The fourth-order valence-electron chi connectivity index (χ4n) is 2.17. The maximum atomic E-state index is 4.32. The minimum absolute atomic E-state index is 0.580. The van der Waals surface area contributed by atoms with E-state index in [1.54, 1.807) is 6.33 Å². The van der Waals surface area contributed by atoms with Gasteiger partial charge in [0.1, 0.15) is 6.33 Å². The number of nitrogens with zero attached hydrogens (tertiary/aromatic N) is 3. The lowest BCUT2D eigenvalue weighted by atomic mass is 9.99. The molecule has 0 aliphatic carbocycles. The van der Waals surface area contributed by atoms with Gasteiger partial charge in [-0.15, -0.1) is 0 Å². The average Bonchev–Trinajstić information content (AvgIpc) is 2.70. The van der Waals surface area contributed by atoms with Gasteiger partial charge in [0, 0.05) is 28.9 Å². The lowest BCUT2D eigenvalue weighted by molar-refractivity contribution is 0.439. The molecule has 1 aliphatic heterocycles. The molecule has 0 N–H and O–H groups in total. The zero-order valence-electron chi connectivity index (χ0n) is 8.90. The molecule has 1 aliphatic rings. The normalized spacial score (nSPS) is 24.1. The Labute approximate surface area is 103 Å². The lowest BCUT2D eigenvalue weighted by Gasteiger charge is -2.36. The predicted octanol–water partition coefficient (Wildman–Crippen LogP) is 3.07. The van der Waals surface area contributed by atoms with Gasteiger partial charge < -0.3 is 4.90 Å². The third kappa shape index (κ3) is 2.91. The Morgan fingerprint density at radius 2 is 2.53 bits per heavy atom. The number of aromatic nitrogens is 2. The molecule has 1 fully saturated rings. The summed E-state index contributed by atoms with van der Waals surface area (Å²) >= 11 is 5.15. The molecule has 0 amide bonds. The summed E-state index contributed by atoms with van der Waals surface area (Å²) in [6.07, 6.45) is 6.77. The number of halogens is 1. The van der Waals surface area contributed by atoms with Crippen LogP contribution in [0.1, 0.15) is 32.6 Å². The van der Waals surface area contributed by atoms with Crippen molar-refractivity contribution in [1.29, 1.82) is 0 Å². The van der Waals surface area contributed by atoms with E-state index < -0.39 is 0 Å². The number of piperidine rings is 1. The first-order valence-corrected chi connectivity index (χ1v) is 7.13. The van der Waals surface area contributed by atoms with E-state index >= 15 is 0 Å². The van der Waals surface area contributed by atoms with Crippen LogP contribution in [0.25, 0.3) is 0 Å². The fraction of sp³-hybridized carbons (Fsp3) is 0.800. The van der Waals surface area contributed by atoms with Gasteiger partial charge in [0.2, 0.25) is 5.13 Å².